The van der Waals surface area contributed by atoms with Gasteiger partial charge in [0.15, 0.2) is 0 Å². The highest BCUT2D eigenvalue weighted by molar-refractivity contribution is 6.00. The van der Waals surface area contributed by atoms with Crippen molar-refractivity contribution < 1.29 is 4.79 Å². The van der Waals surface area contributed by atoms with Gasteiger partial charge in [-0.2, -0.15) is 5.10 Å². The van der Waals surface area contributed by atoms with Crippen molar-refractivity contribution in [3.05, 3.63) is 72.1 Å². The van der Waals surface area contributed by atoms with Crippen molar-refractivity contribution >= 4 is 11.4 Å². The van der Waals surface area contributed by atoms with Crippen LogP contribution in [0.5, 0.6) is 0 Å². The number of carbonyl (C=O) groups is 1. The van der Waals surface area contributed by atoms with E-state index in [2.05, 4.69) is 36.3 Å². The largest absolute Gasteiger partial charge is 0.338 e. The van der Waals surface area contributed by atoms with Gasteiger partial charge in [0.05, 0.1) is 17.3 Å². The molecular weight excluding hydrogens is 298 g/mol. The molecular formula is C20H21N3O. The van der Waals surface area contributed by atoms with E-state index < -0.39 is 0 Å². The summed E-state index contributed by atoms with van der Waals surface area (Å²) in [4.78, 5) is 15.1. The molecule has 1 atom stereocenters. The summed E-state index contributed by atoms with van der Waals surface area (Å²) in [5.41, 5.74) is 2.88. The van der Waals surface area contributed by atoms with E-state index in [1.54, 1.807) is 10.7 Å². The molecule has 1 unspecified atom stereocenters. The highest BCUT2D eigenvalue weighted by atomic mass is 16.2. The molecule has 1 aliphatic heterocycles. The Morgan fingerprint density at radius 1 is 1.12 bits per heavy atom. The third-order valence-electron chi connectivity index (χ3n) is 5.11. The van der Waals surface area contributed by atoms with Gasteiger partial charge >= 0.3 is 0 Å². The third-order valence-corrected chi connectivity index (χ3v) is 5.11. The fourth-order valence-electron chi connectivity index (χ4n) is 3.76. The molecule has 122 valence electrons. The lowest BCUT2D eigenvalue weighted by molar-refractivity contribution is 0.0653. The molecule has 4 rings (SSSR count). The number of hydrogen-bond donors (Lipinski definition) is 0. The summed E-state index contributed by atoms with van der Waals surface area (Å²) in [5, 5.41) is 4.30. The topological polar surface area (TPSA) is 37.6 Å². The van der Waals surface area contributed by atoms with E-state index in [4.69, 9.17) is 0 Å². The lowest BCUT2D eigenvalue weighted by atomic mass is 9.76. The van der Waals surface area contributed by atoms with Crippen molar-refractivity contribution in [2.75, 3.05) is 13.1 Å². The molecule has 4 nitrogen and oxygen atoms in total. The van der Waals surface area contributed by atoms with Crippen LogP contribution in [0.3, 0.4) is 0 Å². The number of piperidine rings is 1. The first-order chi connectivity index (χ1) is 11.7. The lowest BCUT2D eigenvalue weighted by Crippen LogP contribution is -2.47. The van der Waals surface area contributed by atoms with Crippen LogP contribution in [0.4, 0.5) is 0 Å². The maximum Gasteiger partial charge on any atom is 0.257 e. The number of fused-ring (bicyclic) bond motifs is 1. The van der Waals surface area contributed by atoms with E-state index in [0.717, 1.165) is 31.4 Å². The number of aromatic nitrogens is 2. The Morgan fingerprint density at radius 3 is 2.75 bits per heavy atom. The minimum atomic E-state index is 0.0120. The summed E-state index contributed by atoms with van der Waals surface area (Å²) < 4.78 is 1.76. The highest BCUT2D eigenvalue weighted by Gasteiger charge is 2.35. The van der Waals surface area contributed by atoms with Gasteiger partial charge in [0.1, 0.15) is 0 Å². The standard InChI is InChI=1S/C20H21N3O/c1-20(16-8-3-2-4-9-16)11-7-12-22(15-20)19(24)17-14-21-23-13-6-5-10-18(17)23/h2-6,8-10,13-14H,7,11-12,15H2,1H3. The normalized spacial score (nSPS) is 21.1. The van der Waals surface area contributed by atoms with E-state index >= 15 is 0 Å². The first-order valence-electron chi connectivity index (χ1n) is 8.45. The van der Waals surface area contributed by atoms with Crippen molar-refractivity contribution in [3.63, 3.8) is 0 Å². The van der Waals surface area contributed by atoms with Crippen molar-refractivity contribution in [2.24, 2.45) is 0 Å². The Bertz CT molecular complexity index is 871. The van der Waals surface area contributed by atoms with Gasteiger partial charge in [0.25, 0.3) is 5.91 Å². The quantitative estimate of drug-likeness (QED) is 0.725. The second-order valence-electron chi connectivity index (χ2n) is 6.85. The minimum absolute atomic E-state index is 0.0120. The zero-order valence-corrected chi connectivity index (χ0v) is 13.9. The number of pyridine rings is 1. The maximum atomic E-state index is 13.1. The van der Waals surface area contributed by atoms with Crippen LogP contribution in [0.2, 0.25) is 0 Å². The Morgan fingerprint density at radius 2 is 1.92 bits per heavy atom. The Kier molecular flexibility index (Phi) is 3.60. The Balaban J connectivity index is 1.63. The number of nitrogens with zero attached hydrogens (tertiary/aromatic N) is 3. The molecule has 2 aromatic heterocycles. The summed E-state index contributed by atoms with van der Waals surface area (Å²) in [6.45, 7) is 3.82. The Hall–Kier alpha value is -2.62. The summed E-state index contributed by atoms with van der Waals surface area (Å²) >= 11 is 0. The first-order valence-corrected chi connectivity index (χ1v) is 8.45. The van der Waals surface area contributed by atoms with Crippen LogP contribution < -0.4 is 0 Å². The van der Waals surface area contributed by atoms with E-state index in [1.165, 1.54) is 5.56 Å². The van der Waals surface area contributed by atoms with Crippen molar-refractivity contribution in [1.29, 1.82) is 0 Å². The molecule has 0 spiro atoms. The number of hydrogen-bond acceptors (Lipinski definition) is 2. The van der Waals surface area contributed by atoms with Gasteiger partial charge in [-0.05, 0) is 30.5 Å². The van der Waals surface area contributed by atoms with Crippen molar-refractivity contribution in [1.82, 2.24) is 14.5 Å². The average molecular weight is 319 g/mol. The monoisotopic (exact) mass is 319 g/mol. The number of benzene rings is 1. The van der Waals surface area contributed by atoms with Gasteiger partial charge in [-0.15, -0.1) is 0 Å². The van der Waals surface area contributed by atoms with Gasteiger partial charge < -0.3 is 4.90 Å². The molecule has 0 saturated carbocycles. The fourth-order valence-corrected chi connectivity index (χ4v) is 3.76. The molecule has 24 heavy (non-hydrogen) atoms. The molecule has 1 aromatic carbocycles. The van der Waals surface area contributed by atoms with Crippen LogP contribution in [-0.2, 0) is 5.41 Å². The van der Waals surface area contributed by atoms with E-state index in [9.17, 15) is 4.79 Å². The van der Waals surface area contributed by atoms with E-state index in [1.807, 2.05) is 35.4 Å². The zero-order chi connectivity index (χ0) is 16.6. The second-order valence-corrected chi connectivity index (χ2v) is 6.85. The number of rotatable bonds is 2. The first kappa shape index (κ1) is 14.9. The second kappa shape index (κ2) is 5.78. The fraction of sp³-hybridized carbons (Fsp3) is 0.300. The molecule has 0 N–H and O–H groups in total. The van der Waals surface area contributed by atoms with E-state index in [0.29, 0.717) is 5.56 Å². The molecule has 1 saturated heterocycles. The highest BCUT2D eigenvalue weighted by Crippen LogP contribution is 2.34. The molecule has 1 aliphatic rings. The van der Waals surface area contributed by atoms with Gasteiger partial charge in [0.2, 0.25) is 0 Å². The van der Waals surface area contributed by atoms with Crippen molar-refractivity contribution in [2.45, 2.75) is 25.2 Å². The summed E-state index contributed by atoms with van der Waals surface area (Å²) in [7, 11) is 0. The van der Waals surface area contributed by atoms with Crippen LogP contribution in [0.15, 0.2) is 60.9 Å². The summed E-state index contributed by atoms with van der Waals surface area (Å²) in [5.74, 6) is 0.0815. The molecule has 0 aliphatic carbocycles. The van der Waals surface area contributed by atoms with Gasteiger partial charge in [0, 0.05) is 24.7 Å². The molecule has 0 radical (unpaired) electrons. The van der Waals surface area contributed by atoms with Gasteiger partial charge in [-0.25, -0.2) is 4.52 Å². The molecule has 1 fully saturated rings. The predicted molar refractivity (Wildman–Crippen MR) is 94.1 cm³/mol. The number of carbonyl (C=O) groups excluding carboxylic acids is 1. The molecule has 0 bridgehead atoms. The predicted octanol–water partition coefficient (Wildman–Crippen LogP) is 3.53. The zero-order valence-electron chi connectivity index (χ0n) is 13.9. The van der Waals surface area contributed by atoms with E-state index in [-0.39, 0.29) is 11.3 Å². The van der Waals surface area contributed by atoms with Crippen LogP contribution >= 0.6 is 0 Å². The molecule has 1 amide bonds. The van der Waals surface area contributed by atoms with Crippen LogP contribution in [0.25, 0.3) is 5.52 Å². The van der Waals surface area contributed by atoms with Crippen molar-refractivity contribution in [3.8, 4) is 0 Å². The number of amides is 1. The smallest absolute Gasteiger partial charge is 0.257 e. The molecule has 4 heteroatoms. The summed E-state index contributed by atoms with van der Waals surface area (Å²) in [6, 6.07) is 16.3. The lowest BCUT2D eigenvalue weighted by Gasteiger charge is -2.41. The van der Waals surface area contributed by atoms with Crippen LogP contribution in [-0.4, -0.2) is 33.5 Å². The van der Waals surface area contributed by atoms with Crippen LogP contribution in [0, 0.1) is 0 Å². The third kappa shape index (κ3) is 2.48. The van der Waals surface area contributed by atoms with Crippen LogP contribution in [0.1, 0.15) is 35.7 Å². The Labute approximate surface area is 141 Å². The SMILES string of the molecule is CC1(c2ccccc2)CCCN(C(=O)c2cnn3ccccc23)C1. The minimum Gasteiger partial charge on any atom is -0.338 e. The summed E-state index contributed by atoms with van der Waals surface area (Å²) in [6.07, 6.45) is 5.69. The molecule has 3 heterocycles. The van der Waals surface area contributed by atoms with Gasteiger partial charge in [-0.3, -0.25) is 4.79 Å². The number of likely N-dealkylation sites (tertiary alicyclic amines) is 1. The average Bonchev–Trinajstić information content (AvgIpc) is 3.06. The molecule has 3 aromatic rings. The van der Waals surface area contributed by atoms with Gasteiger partial charge in [-0.1, -0.05) is 43.3 Å². The maximum absolute atomic E-state index is 13.1.